The molecule has 32 heavy (non-hydrogen) atoms. The molecule has 2 atom stereocenters. The molecule has 160 valence electrons. The highest BCUT2D eigenvalue weighted by Gasteiger charge is 2.25. The van der Waals surface area contributed by atoms with Gasteiger partial charge < -0.3 is 10.6 Å². The lowest BCUT2D eigenvalue weighted by molar-refractivity contribution is 0.0903. The number of nitrogens with one attached hydrogen (secondary N) is 2. The smallest absolute Gasteiger partial charge is 0.251 e. The van der Waals surface area contributed by atoms with Gasteiger partial charge in [0.2, 0.25) is 0 Å². The van der Waals surface area contributed by atoms with Crippen molar-refractivity contribution in [1.82, 2.24) is 10.6 Å². The summed E-state index contributed by atoms with van der Waals surface area (Å²) >= 11 is 0. The lowest BCUT2D eigenvalue weighted by Gasteiger charge is -2.30. The van der Waals surface area contributed by atoms with Crippen LogP contribution in [0.4, 0.5) is 0 Å². The van der Waals surface area contributed by atoms with Crippen LogP contribution in [0.5, 0.6) is 0 Å². The molecule has 4 aromatic rings. The van der Waals surface area contributed by atoms with Crippen molar-refractivity contribution in [1.29, 1.82) is 0 Å². The number of rotatable bonds is 4. The number of carbonyl (C=O) groups excluding carboxylic acids is 2. The van der Waals surface area contributed by atoms with Gasteiger partial charge in [0, 0.05) is 23.2 Å². The van der Waals surface area contributed by atoms with E-state index in [1.54, 1.807) is 0 Å². The highest BCUT2D eigenvalue weighted by Crippen LogP contribution is 2.22. The van der Waals surface area contributed by atoms with Crippen LogP contribution in [-0.2, 0) is 0 Å². The molecule has 0 spiro atoms. The molecule has 4 heteroatoms. The summed E-state index contributed by atoms with van der Waals surface area (Å²) in [5, 5.41) is 10.7. The number of carbonyl (C=O) groups is 2. The first-order valence-electron chi connectivity index (χ1n) is 11.2. The first-order chi connectivity index (χ1) is 15.7. The Balaban J connectivity index is 1.22. The lowest BCUT2D eigenvalue weighted by atomic mass is 9.90. The molecule has 0 aromatic heterocycles. The van der Waals surface area contributed by atoms with Gasteiger partial charge in [0.05, 0.1) is 0 Å². The van der Waals surface area contributed by atoms with Crippen molar-refractivity contribution in [3.8, 4) is 0 Å². The van der Waals surface area contributed by atoms with Gasteiger partial charge in [0.25, 0.3) is 11.8 Å². The minimum atomic E-state index is -0.0535. The topological polar surface area (TPSA) is 58.2 Å². The Hall–Kier alpha value is -3.66. The maximum absolute atomic E-state index is 12.8. The van der Waals surface area contributed by atoms with Crippen LogP contribution in [0.3, 0.4) is 0 Å². The molecule has 2 amide bonds. The fraction of sp³-hybridized carbons (Fsp3) is 0.214. The molecule has 4 nitrogen and oxygen atoms in total. The zero-order valence-corrected chi connectivity index (χ0v) is 17.9. The molecule has 0 saturated heterocycles. The molecule has 1 saturated carbocycles. The quantitative estimate of drug-likeness (QED) is 0.459. The Kier molecular flexibility index (Phi) is 5.59. The van der Waals surface area contributed by atoms with Gasteiger partial charge in [-0.25, -0.2) is 0 Å². The number of amides is 2. The van der Waals surface area contributed by atoms with Crippen molar-refractivity contribution < 1.29 is 9.59 Å². The van der Waals surface area contributed by atoms with E-state index in [4.69, 9.17) is 0 Å². The third-order valence-electron chi connectivity index (χ3n) is 6.37. The largest absolute Gasteiger partial charge is 0.349 e. The summed E-state index contributed by atoms with van der Waals surface area (Å²) in [4.78, 5) is 25.7. The van der Waals surface area contributed by atoms with Gasteiger partial charge in [-0.2, -0.15) is 0 Å². The van der Waals surface area contributed by atoms with Crippen LogP contribution < -0.4 is 10.6 Å². The van der Waals surface area contributed by atoms with Crippen molar-refractivity contribution >= 4 is 33.4 Å². The van der Waals surface area contributed by atoms with E-state index in [1.165, 1.54) is 0 Å². The molecule has 1 aliphatic carbocycles. The molecule has 2 unspecified atom stereocenters. The molecule has 0 bridgehead atoms. The predicted molar refractivity (Wildman–Crippen MR) is 129 cm³/mol. The molecule has 0 radical (unpaired) electrons. The molecular weight excluding hydrogens is 396 g/mol. The van der Waals surface area contributed by atoms with Gasteiger partial charge in [0.1, 0.15) is 0 Å². The zero-order valence-electron chi connectivity index (χ0n) is 17.9. The van der Waals surface area contributed by atoms with Gasteiger partial charge >= 0.3 is 0 Å². The average molecular weight is 423 g/mol. The van der Waals surface area contributed by atoms with Crippen LogP contribution in [0.25, 0.3) is 21.5 Å². The predicted octanol–water partition coefficient (Wildman–Crippen LogP) is 5.46. The molecular formula is C28H26N2O2. The molecule has 0 heterocycles. The molecule has 1 aliphatic rings. The molecule has 0 aliphatic heterocycles. The van der Waals surface area contributed by atoms with E-state index in [-0.39, 0.29) is 23.9 Å². The fourth-order valence-electron chi connectivity index (χ4n) is 4.65. The second-order valence-corrected chi connectivity index (χ2v) is 8.63. The highest BCUT2D eigenvalue weighted by molar-refractivity contribution is 5.99. The second-order valence-electron chi connectivity index (χ2n) is 8.63. The summed E-state index contributed by atoms with van der Waals surface area (Å²) in [5.74, 6) is -0.107. The fourth-order valence-corrected chi connectivity index (χ4v) is 4.65. The Morgan fingerprint density at radius 3 is 1.50 bits per heavy atom. The summed E-state index contributed by atoms with van der Waals surface area (Å²) in [7, 11) is 0. The Morgan fingerprint density at radius 1 is 0.594 bits per heavy atom. The maximum Gasteiger partial charge on any atom is 0.251 e. The second kappa shape index (κ2) is 8.83. The Bertz CT molecular complexity index is 1200. The van der Waals surface area contributed by atoms with Crippen LogP contribution in [0, 0.1) is 0 Å². The SMILES string of the molecule is O=C(NC1CCCC(NC(=O)c2ccc3ccccc3c2)C1)c1ccc2ccccc2c1. The lowest BCUT2D eigenvalue weighted by Crippen LogP contribution is -2.45. The van der Waals surface area contributed by atoms with Crippen molar-refractivity contribution in [2.45, 2.75) is 37.8 Å². The van der Waals surface area contributed by atoms with Crippen LogP contribution in [-0.4, -0.2) is 23.9 Å². The van der Waals surface area contributed by atoms with E-state index in [1.807, 2.05) is 84.9 Å². The molecule has 4 aromatic carbocycles. The van der Waals surface area contributed by atoms with E-state index >= 15 is 0 Å². The Morgan fingerprint density at radius 2 is 1.03 bits per heavy atom. The number of fused-ring (bicyclic) bond motifs is 2. The van der Waals surface area contributed by atoms with Crippen molar-refractivity contribution in [3.05, 3.63) is 96.1 Å². The van der Waals surface area contributed by atoms with Crippen LogP contribution in [0.15, 0.2) is 84.9 Å². The number of hydrogen-bond donors (Lipinski definition) is 2. The Labute approximate surface area is 187 Å². The standard InChI is InChI=1S/C28H26N2O2/c31-27(23-14-12-19-6-1-3-8-21(19)16-23)29-25-10-5-11-26(18-25)30-28(32)24-15-13-20-7-2-4-9-22(20)17-24/h1-4,6-9,12-17,25-26H,5,10-11,18H2,(H,29,31)(H,30,32). The van der Waals surface area contributed by atoms with E-state index in [0.29, 0.717) is 11.1 Å². The monoisotopic (exact) mass is 422 g/mol. The van der Waals surface area contributed by atoms with Gasteiger partial charge in [-0.1, -0.05) is 60.7 Å². The van der Waals surface area contributed by atoms with Crippen molar-refractivity contribution in [3.63, 3.8) is 0 Å². The number of hydrogen-bond acceptors (Lipinski definition) is 2. The average Bonchev–Trinajstić information content (AvgIpc) is 2.83. The summed E-state index contributed by atoms with van der Waals surface area (Å²) in [6.45, 7) is 0. The summed E-state index contributed by atoms with van der Waals surface area (Å²) in [6.07, 6.45) is 3.59. The minimum absolute atomic E-state index is 0.0535. The first kappa shape index (κ1) is 20.3. The van der Waals surface area contributed by atoms with E-state index in [9.17, 15) is 9.59 Å². The third-order valence-corrected chi connectivity index (χ3v) is 6.37. The van der Waals surface area contributed by atoms with Gasteiger partial charge in [0.15, 0.2) is 0 Å². The first-order valence-corrected chi connectivity index (χ1v) is 11.2. The van der Waals surface area contributed by atoms with Gasteiger partial charge in [-0.15, -0.1) is 0 Å². The molecule has 5 rings (SSSR count). The summed E-state index contributed by atoms with van der Waals surface area (Å²) < 4.78 is 0. The van der Waals surface area contributed by atoms with Crippen LogP contribution in [0.2, 0.25) is 0 Å². The zero-order chi connectivity index (χ0) is 21.9. The molecule has 1 fully saturated rings. The third kappa shape index (κ3) is 4.35. The summed E-state index contributed by atoms with van der Waals surface area (Å²) in [6, 6.07) is 27.8. The van der Waals surface area contributed by atoms with E-state index in [2.05, 4.69) is 10.6 Å². The van der Waals surface area contributed by atoms with Gasteiger partial charge in [-0.3, -0.25) is 9.59 Å². The number of benzene rings is 4. The van der Waals surface area contributed by atoms with E-state index in [0.717, 1.165) is 47.2 Å². The molecule has 2 N–H and O–H groups in total. The highest BCUT2D eigenvalue weighted by atomic mass is 16.2. The normalized spacial score (nSPS) is 18.4. The van der Waals surface area contributed by atoms with Crippen molar-refractivity contribution in [2.24, 2.45) is 0 Å². The maximum atomic E-state index is 12.8. The van der Waals surface area contributed by atoms with E-state index < -0.39 is 0 Å². The summed E-state index contributed by atoms with van der Waals surface area (Å²) in [5.41, 5.74) is 1.34. The van der Waals surface area contributed by atoms with Crippen LogP contribution >= 0.6 is 0 Å². The van der Waals surface area contributed by atoms with Crippen LogP contribution in [0.1, 0.15) is 46.4 Å². The minimum Gasteiger partial charge on any atom is -0.349 e. The van der Waals surface area contributed by atoms with Crippen molar-refractivity contribution in [2.75, 3.05) is 0 Å². The van der Waals surface area contributed by atoms with Gasteiger partial charge in [-0.05, 0) is 71.5 Å².